The van der Waals surface area contributed by atoms with Gasteiger partial charge in [0, 0.05) is 26.2 Å². The summed E-state index contributed by atoms with van der Waals surface area (Å²) in [6.45, 7) is 2.30. The second kappa shape index (κ2) is 7.34. The number of carbonyl (C=O) groups is 2. The van der Waals surface area contributed by atoms with Crippen molar-refractivity contribution in [1.82, 2.24) is 4.90 Å². The van der Waals surface area contributed by atoms with Crippen LogP contribution in [0.2, 0.25) is 0 Å². The van der Waals surface area contributed by atoms with E-state index in [0.717, 1.165) is 39.9 Å². The van der Waals surface area contributed by atoms with Gasteiger partial charge < -0.3 is 10.6 Å². The molecule has 32 heavy (non-hydrogen) atoms. The minimum absolute atomic E-state index is 0.0580. The third-order valence-electron chi connectivity index (χ3n) is 6.40. The highest BCUT2D eigenvalue weighted by Crippen LogP contribution is 2.41. The standard InChI is InChI=1S/C26H24N4O2/c1-17(31)30-14-13-20-15-19(11-12-23(20)30)18-7-6-10-22(16-18)26(21-8-4-3-5-9-21)24(32)29(2)25(27)28-26/h3-12,15-16H,13-14H2,1-2H3,(H2,27,28). The Kier molecular flexibility index (Phi) is 4.59. The van der Waals surface area contributed by atoms with E-state index >= 15 is 0 Å². The topological polar surface area (TPSA) is 79.0 Å². The molecule has 0 aromatic heterocycles. The van der Waals surface area contributed by atoms with Crippen LogP contribution >= 0.6 is 0 Å². The van der Waals surface area contributed by atoms with Crippen LogP contribution in [0, 0.1) is 0 Å². The predicted octanol–water partition coefficient (Wildman–Crippen LogP) is 3.29. The second-order valence-corrected chi connectivity index (χ2v) is 8.26. The zero-order valence-corrected chi connectivity index (χ0v) is 18.1. The number of anilines is 1. The van der Waals surface area contributed by atoms with E-state index in [1.54, 1.807) is 14.0 Å². The Labute approximate surface area is 187 Å². The van der Waals surface area contributed by atoms with Gasteiger partial charge >= 0.3 is 0 Å². The Bertz CT molecular complexity index is 1270. The quantitative estimate of drug-likeness (QED) is 0.701. The maximum Gasteiger partial charge on any atom is 0.266 e. The number of likely N-dealkylation sites (N-methyl/N-ethyl adjacent to an activating group) is 1. The van der Waals surface area contributed by atoms with Gasteiger partial charge in [0.25, 0.3) is 5.91 Å². The van der Waals surface area contributed by atoms with E-state index in [1.165, 1.54) is 4.90 Å². The molecular weight excluding hydrogens is 400 g/mol. The number of nitrogens with two attached hydrogens (primary N) is 1. The summed E-state index contributed by atoms with van der Waals surface area (Å²) in [5.74, 6) is 0.0816. The first-order valence-corrected chi connectivity index (χ1v) is 10.6. The van der Waals surface area contributed by atoms with Gasteiger partial charge in [-0.25, -0.2) is 4.99 Å². The molecule has 160 valence electrons. The Morgan fingerprint density at radius 3 is 2.38 bits per heavy atom. The minimum atomic E-state index is -1.21. The average molecular weight is 425 g/mol. The molecule has 1 unspecified atom stereocenters. The summed E-state index contributed by atoms with van der Waals surface area (Å²) in [6, 6.07) is 23.6. The van der Waals surface area contributed by atoms with Gasteiger partial charge in [-0.3, -0.25) is 14.5 Å². The molecule has 3 aromatic rings. The number of hydrogen-bond acceptors (Lipinski definition) is 4. The van der Waals surface area contributed by atoms with Crippen molar-refractivity contribution in [3.63, 3.8) is 0 Å². The fourth-order valence-electron chi connectivity index (χ4n) is 4.70. The number of carbonyl (C=O) groups excluding carboxylic acids is 2. The Morgan fingerprint density at radius 2 is 1.69 bits per heavy atom. The highest BCUT2D eigenvalue weighted by Gasteiger charge is 2.49. The van der Waals surface area contributed by atoms with E-state index in [9.17, 15) is 9.59 Å². The number of fused-ring (bicyclic) bond motifs is 1. The fraction of sp³-hybridized carbons (Fsp3) is 0.192. The number of hydrogen-bond donors (Lipinski definition) is 1. The summed E-state index contributed by atoms with van der Waals surface area (Å²) in [4.78, 5) is 33.2. The van der Waals surface area contributed by atoms with Crippen molar-refractivity contribution in [2.75, 3.05) is 18.5 Å². The van der Waals surface area contributed by atoms with E-state index in [0.29, 0.717) is 6.54 Å². The van der Waals surface area contributed by atoms with E-state index < -0.39 is 5.54 Å². The lowest BCUT2D eigenvalue weighted by molar-refractivity contribution is -0.129. The monoisotopic (exact) mass is 424 g/mol. The number of guanidine groups is 1. The molecule has 0 spiro atoms. The number of nitrogens with zero attached hydrogens (tertiary/aromatic N) is 3. The van der Waals surface area contributed by atoms with Crippen LogP contribution in [0.3, 0.4) is 0 Å². The Morgan fingerprint density at radius 1 is 0.969 bits per heavy atom. The first kappa shape index (κ1) is 20.0. The number of aliphatic imine (C=N–C) groups is 1. The summed E-state index contributed by atoms with van der Waals surface area (Å²) in [5, 5.41) is 0. The molecule has 2 N–H and O–H groups in total. The van der Waals surface area contributed by atoms with Crippen LogP contribution in [0.5, 0.6) is 0 Å². The third kappa shape index (κ3) is 2.91. The fourth-order valence-corrected chi connectivity index (χ4v) is 4.70. The van der Waals surface area contributed by atoms with Crippen molar-refractivity contribution in [2.24, 2.45) is 10.7 Å². The molecule has 0 saturated heterocycles. The zero-order valence-electron chi connectivity index (χ0n) is 18.1. The van der Waals surface area contributed by atoms with E-state index in [4.69, 9.17) is 5.73 Å². The van der Waals surface area contributed by atoms with Gasteiger partial charge in [0.2, 0.25) is 5.91 Å². The summed E-state index contributed by atoms with van der Waals surface area (Å²) < 4.78 is 0. The molecule has 2 aliphatic heterocycles. The first-order chi connectivity index (χ1) is 15.4. The predicted molar refractivity (Wildman–Crippen MR) is 125 cm³/mol. The van der Waals surface area contributed by atoms with Gasteiger partial charge in [-0.05, 0) is 52.4 Å². The second-order valence-electron chi connectivity index (χ2n) is 8.26. The zero-order chi connectivity index (χ0) is 22.5. The summed E-state index contributed by atoms with van der Waals surface area (Å²) in [7, 11) is 1.65. The van der Waals surface area contributed by atoms with Crippen molar-refractivity contribution >= 4 is 23.5 Å². The SMILES string of the molecule is CC(=O)N1CCc2cc(-c3cccc(C4(c5ccccc5)N=C(N)N(C)C4=O)c3)ccc21. The van der Waals surface area contributed by atoms with Crippen LogP contribution in [0.25, 0.3) is 11.1 Å². The van der Waals surface area contributed by atoms with Crippen molar-refractivity contribution in [3.05, 3.63) is 89.5 Å². The van der Waals surface area contributed by atoms with Gasteiger partial charge in [0.15, 0.2) is 11.5 Å². The van der Waals surface area contributed by atoms with Crippen LogP contribution < -0.4 is 10.6 Å². The largest absolute Gasteiger partial charge is 0.369 e. The molecular formula is C26H24N4O2. The third-order valence-corrected chi connectivity index (χ3v) is 6.40. The molecule has 0 aliphatic carbocycles. The normalized spacial score (nSPS) is 19.8. The molecule has 2 heterocycles. The number of benzene rings is 3. The smallest absolute Gasteiger partial charge is 0.266 e. The Balaban J connectivity index is 1.62. The molecule has 0 bridgehead atoms. The molecule has 2 aliphatic rings. The van der Waals surface area contributed by atoms with Gasteiger partial charge in [-0.2, -0.15) is 0 Å². The molecule has 0 saturated carbocycles. The molecule has 6 nitrogen and oxygen atoms in total. The van der Waals surface area contributed by atoms with Crippen molar-refractivity contribution in [2.45, 2.75) is 18.9 Å². The van der Waals surface area contributed by atoms with Gasteiger partial charge in [0.05, 0.1) is 0 Å². The molecule has 0 radical (unpaired) electrons. The molecule has 0 fully saturated rings. The van der Waals surface area contributed by atoms with Crippen molar-refractivity contribution < 1.29 is 9.59 Å². The maximum absolute atomic E-state index is 13.4. The molecule has 2 amide bonds. The number of amides is 2. The van der Waals surface area contributed by atoms with Gasteiger partial charge in [-0.1, -0.05) is 54.6 Å². The van der Waals surface area contributed by atoms with Crippen LogP contribution in [-0.4, -0.2) is 36.3 Å². The van der Waals surface area contributed by atoms with Crippen molar-refractivity contribution in [3.8, 4) is 11.1 Å². The Hall–Kier alpha value is -3.93. The van der Waals surface area contributed by atoms with Crippen LogP contribution in [0.4, 0.5) is 5.69 Å². The van der Waals surface area contributed by atoms with E-state index in [2.05, 4.69) is 11.1 Å². The minimum Gasteiger partial charge on any atom is -0.369 e. The lowest BCUT2D eigenvalue weighted by Crippen LogP contribution is -2.41. The summed E-state index contributed by atoms with van der Waals surface area (Å²) >= 11 is 0. The molecule has 5 rings (SSSR count). The maximum atomic E-state index is 13.4. The number of rotatable bonds is 3. The van der Waals surface area contributed by atoms with Gasteiger partial charge in [-0.15, -0.1) is 0 Å². The van der Waals surface area contributed by atoms with E-state index in [-0.39, 0.29) is 17.8 Å². The van der Waals surface area contributed by atoms with Crippen molar-refractivity contribution in [1.29, 1.82) is 0 Å². The lowest BCUT2D eigenvalue weighted by Gasteiger charge is -2.26. The highest BCUT2D eigenvalue weighted by atomic mass is 16.2. The lowest BCUT2D eigenvalue weighted by atomic mass is 9.81. The molecule has 6 heteroatoms. The highest BCUT2D eigenvalue weighted by molar-refractivity contribution is 6.09. The van der Waals surface area contributed by atoms with Crippen LogP contribution in [0.15, 0.2) is 77.8 Å². The molecule has 1 atom stereocenters. The summed E-state index contributed by atoms with van der Waals surface area (Å²) in [5.41, 5.74) is 10.6. The van der Waals surface area contributed by atoms with Crippen LogP contribution in [-0.2, 0) is 21.5 Å². The van der Waals surface area contributed by atoms with E-state index in [1.807, 2.05) is 71.6 Å². The van der Waals surface area contributed by atoms with Gasteiger partial charge in [0.1, 0.15) is 0 Å². The molecule has 3 aromatic carbocycles. The first-order valence-electron chi connectivity index (χ1n) is 10.6. The average Bonchev–Trinajstić information content (AvgIpc) is 3.34. The van der Waals surface area contributed by atoms with Crippen LogP contribution in [0.1, 0.15) is 23.6 Å². The summed E-state index contributed by atoms with van der Waals surface area (Å²) in [6.07, 6.45) is 0.834.